The lowest BCUT2D eigenvalue weighted by Crippen LogP contribution is -2.12. The van der Waals surface area contributed by atoms with Gasteiger partial charge in [0.25, 0.3) is 5.91 Å². The molecule has 0 unspecified atom stereocenters. The van der Waals surface area contributed by atoms with Crippen molar-refractivity contribution in [1.82, 2.24) is 9.97 Å². The van der Waals surface area contributed by atoms with Gasteiger partial charge in [0.15, 0.2) is 0 Å². The number of nitrogens with zero attached hydrogens (tertiary/aromatic N) is 2. The minimum atomic E-state index is -0.270. The quantitative estimate of drug-likeness (QED) is 0.841. The first-order chi connectivity index (χ1) is 10.2. The molecule has 0 fully saturated rings. The molecule has 21 heavy (non-hydrogen) atoms. The maximum Gasteiger partial charge on any atom is 0.258 e. The number of aromatic nitrogens is 2. The summed E-state index contributed by atoms with van der Waals surface area (Å²) in [6, 6.07) is 5.51. The zero-order valence-corrected chi connectivity index (χ0v) is 11.6. The highest BCUT2D eigenvalue weighted by atomic mass is 16.2. The van der Waals surface area contributed by atoms with Gasteiger partial charge in [0.1, 0.15) is 6.33 Å². The smallest absolute Gasteiger partial charge is 0.258 e. The van der Waals surface area contributed by atoms with E-state index in [2.05, 4.69) is 27.1 Å². The number of rotatable bonds is 3. The van der Waals surface area contributed by atoms with Crippen molar-refractivity contribution in [1.29, 1.82) is 0 Å². The summed E-state index contributed by atoms with van der Waals surface area (Å²) in [6.07, 6.45) is 4.71. The van der Waals surface area contributed by atoms with E-state index in [9.17, 15) is 4.79 Å². The predicted molar refractivity (Wildman–Crippen MR) is 79.7 cm³/mol. The van der Waals surface area contributed by atoms with Gasteiger partial charge in [-0.05, 0) is 24.6 Å². The molecule has 0 aliphatic carbocycles. The molecule has 0 saturated heterocycles. The van der Waals surface area contributed by atoms with Crippen LogP contribution < -0.4 is 5.32 Å². The number of hydrogen-bond donors (Lipinski definition) is 2. The first-order valence-electron chi connectivity index (χ1n) is 6.47. The Hall–Kier alpha value is -2.71. The SMILES string of the molecule is Cc1ccc(NC(=O)c2cncnc2)cc1C#CCCO. The molecular weight excluding hydrogens is 266 g/mol. The molecule has 0 saturated carbocycles. The number of benzene rings is 1. The fraction of sp³-hybridized carbons (Fsp3) is 0.188. The Kier molecular flexibility index (Phi) is 5.02. The Morgan fingerprint density at radius 1 is 1.33 bits per heavy atom. The minimum absolute atomic E-state index is 0.0382. The second-order valence-corrected chi connectivity index (χ2v) is 4.39. The van der Waals surface area contributed by atoms with E-state index in [4.69, 9.17) is 5.11 Å². The highest BCUT2D eigenvalue weighted by Gasteiger charge is 2.07. The lowest BCUT2D eigenvalue weighted by molar-refractivity contribution is 0.102. The summed E-state index contributed by atoms with van der Waals surface area (Å²) in [5.74, 6) is 5.58. The van der Waals surface area contributed by atoms with Crippen molar-refractivity contribution in [3.63, 3.8) is 0 Å². The molecule has 1 aromatic carbocycles. The lowest BCUT2D eigenvalue weighted by Gasteiger charge is -2.06. The van der Waals surface area contributed by atoms with Gasteiger partial charge in [0.05, 0.1) is 12.2 Å². The van der Waals surface area contributed by atoms with Gasteiger partial charge in [-0.3, -0.25) is 4.79 Å². The number of amides is 1. The van der Waals surface area contributed by atoms with Crippen LogP contribution >= 0.6 is 0 Å². The first kappa shape index (κ1) is 14.7. The predicted octanol–water partition coefficient (Wildman–Crippen LogP) is 1.77. The molecule has 2 N–H and O–H groups in total. The van der Waals surface area contributed by atoms with Crippen LogP contribution in [0.1, 0.15) is 27.9 Å². The molecule has 5 nitrogen and oxygen atoms in total. The number of carbonyl (C=O) groups is 1. The Balaban J connectivity index is 2.16. The maximum absolute atomic E-state index is 12.0. The fourth-order valence-corrected chi connectivity index (χ4v) is 1.67. The van der Waals surface area contributed by atoms with Gasteiger partial charge in [-0.1, -0.05) is 17.9 Å². The molecule has 1 aromatic heterocycles. The summed E-state index contributed by atoms with van der Waals surface area (Å²) in [6.45, 7) is 1.98. The highest BCUT2D eigenvalue weighted by Crippen LogP contribution is 2.15. The number of hydrogen-bond acceptors (Lipinski definition) is 4. The summed E-state index contributed by atoms with van der Waals surface area (Å²) in [7, 11) is 0. The number of anilines is 1. The van der Waals surface area contributed by atoms with Crippen LogP contribution in [-0.4, -0.2) is 27.6 Å². The van der Waals surface area contributed by atoms with Gasteiger partial charge in [-0.15, -0.1) is 0 Å². The monoisotopic (exact) mass is 281 g/mol. The molecule has 0 aliphatic heterocycles. The molecule has 106 valence electrons. The summed E-state index contributed by atoms with van der Waals surface area (Å²) < 4.78 is 0. The van der Waals surface area contributed by atoms with Gasteiger partial charge in [-0.2, -0.15) is 0 Å². The standard InChI is InChI=1S/C16H15N3O2/c1-12-5-6-15(8-13(12)4-2-3-7-20)19-16(21)14-9-17-11-18-10-14/h5-6,8-11,20H,3,7H2,1H3,(H,19,21). The van der Waals surface area contributed by atoms with E-state index in [0.29, 0.717) is 17.7 Å². The van der Waals surface area contributed by atoms with E-state index in [-0.39, 0.29) is 12.5 Å². The van der Waals surface area contributed by atoms with Gasteiger partial charge in [0.2, 0.25) is 0 Å². The number of aliphatic hydroxyl groups excluding tert-OH is 1. The van der Waals surface area contributed by atoms with Crippen molar-refractivity contribution in [3.8, 4) is 11.8 Å². The average molecular weight is 281 g/mol. The van der Waals surface area contributed by atoms with E-state index in [1.165, 1.54) is 18.7 Å². The van der Waals surface area contributed by atoms with Crippen LogP contribution in [0, 0.1) is 18.8 Å². The van der Waals surface area contributed by atoms with Gasteiger partial charge in [-0.25, -0.2) is 9.97 Å². The lowest BCUT2D eigenvalue weighted by atomic mass is 10.1. The van der Waals surface area contributed by atoms with Gasteiger partial charge in [0, 0.05) is 30.1 Å². The third kappa shape index (κ3) is 4.13. The summed E-state index contributed by atoms with van der Waals surface area (Å²) in [5, 5.41) is 11.5. The Morgan fingerprint density at radius 3 is 2.81 bits per heavy atom. The molecular formula is C16H15N3O2. The van der Waals surface area contributed by atoms with Crippen LogP contribution in [-0.2, 0) is 0 Å². The van der Waals surface area contributed by atoms with E-state index in [1.54, 1.807) is 6.07 Å². The highest BCUT2D eigenvalue weighted by molar-refractivity contribution is 6.03. The van der Waals surface area contributed by atoms with Gasteiger partial charge >= 0.3 is 0 Å². The average Bonchev–Trinajstić information content (AvgIpc) is 2.51. The molecule has 0 radical (unpaired) electrons. The van der Waals surface area contributed by atoms with Crippen LogP contribution in [0.2, 0.25) is 0 Å². The third-order valence-corrected chi connectivity index (χ3v) is 2.78. The molecule has 2 rings (SSSR count). The second kappa shape index (κ2) is 7.17. The number of aliphatic hydroxyl groups is 1. The van der Waals surface area contributed by atoms with Crippen molar-refractivity contribution in [2.75, 3.05) is 11.9 Å². The summed E-state index contributed by atoms with van der Waals surface area (Å²) in [4.78, 5) is 19.6. The maximum atomic E-state index is 12.0. The fourth-order valence-electron chi connectivity index (χ4n) is 1.67. The van der Waals surface area contributed by atoms with E-state index >= 15 is 0 Å². The zero-order chi connectivity index (χ0) is 15.1. The number of carbonyl (C=O) groups excluding carboxylic acids is 1. The van der Waals surface area contributed by atoms with Crippen molar-refractivity contribution in [2.24, 2.45) is 0 Å². The largest absolute Gasteiger partial charge is 0.395 e. The Morgan fingerprint density at radius 2 is 2.10 bits per heavy atom. The van der Waals surface area contributed by atoms with Crippen LogP contribution in [0.25, 0.3) is 0 Å². The minimum Gasteiger partial charge on any atom is -0.395 e. The molecule has 0 aliphatic rings. The zero-order valence-electron chi connectivity index (χ0n) is 11.6. The third-order valence-electron chi connectivity index (χ3n) is 2.78. The van der Waals surface area contributed by atoms with Crippen LogP contribution in [0.5, 0.6) is 0 Å². The van der Waals surface area contributed by atoms with Crippen LogP contribution in [0.15, 0.2) is 36.9 Å². The number of aryl methyl sites for hydroxylation is 1. The van der Waals surface area contributed by atoms with Crippen molar-refractivity contribution in [3.05, 3.63) is 53.6 Å². The number of nitrogens with one attached hydrogen (secondary N) is 1. The molecule has 0 atom stereocenters. The Labute approximate surface area is 123 Å². The molecule has 0 spiro atoms. The molecule has 5 heteroatoms. The Bertz CT molecular complexity index is 688. The van der Waals surface area contributed by atoms with Crippen LogP contribution in [0.4, 0.5) is 5.69 Å². The normalized spacial score (nSPS) is 9.62. The molecule has 1 amide bonds. The van der Waals surface area contributed by atoms with E-state index in [0.717, 1.165) is 11.1 Å². The topological polar surface area (TPSA) is 75.1 Å². The van der Waals surface area contributed by atoms with Crippen molar-refractivity contribution in [2.45, 2.75) is 13.3 Å². The van der Waals surface area contributed by atoms with E-state index in [1.807, 2.05) is 19.1 Å². The summed E-state index contributed by atoms with van der Waals surface area (Å²) >= 11 is 0. The second-order valence-electron chi connectivity index (χ2n) is 4.39. The van der Waals surface area contributed by atoms with Crippen molar-refractivity contribution >= 4 is 11.6 Å². The van der Waals surface area contributed by atoms with Gasteiger partial charge < -0.3 is 10.4 Å². The van der Waals surface area contributed by atoms with E-state index < -0.39 is 0 Å². The first-order valence-corrected chi connectivity index (χ1v) is 6.47. The molecule has 0 bridgehead atoms. The molecule has 2 aromatic rings. The van der Waals surface area contributed by atoms with Crippen LogP contribution in [0.3, 0.4) is 0 Å². The molecule has 1 heterocycles. The van der Waals surface area contributed by atoms with Crippen molar-refractivity contribution < 1.29 is 9.90 Å². The summed E-state index contributed by atoms with van der Waals surface area (Å²) in [5.41, 5.74) is 2.89.